The summed E-state index contributed by atoms with van der Waals surface area (Å²) >= 11 is 0. The van der Waals surface area contributed by atoms with Gasteiger partial charge in [0.15, 0.2) is 5.76 Å². The molecule has 0 unspecified atom stereocenters. The molecule has 0 spiro atoms. The molecule has 4 heterocycles. The number of aromatic nitrogens is 2. The third-order valence-electron chi connectivity index (χ3n) is 4.68. The minimum absolute atomic E-state index is 0.799. The zero-order valence-corrected chi connectivity index (χ0v) is 13.4. The second-order valence-corrected chi connectivity index (χ2v) is 6.00. The van der Waals surface area contributed by atoms with Crippen LogP contribution in [0.3, 0.4) is 0 Å². The minimum Gasteiger partial charge on any atom is -0.463 e. The van der Waals surface area contributed by atoms with Gasteiger partial charge < -0.3 is 8.82 Å². The molecule has 3 heteroatoms. The number of furan rings is 1. The Morgan fingerprint density at radius 3 is 2.75 bits per heavy atom. The molecule has 5 rings (SSSR count). The topological polar surface area (TPSA) is 30.4 Å². The van der Waals surface area contributed by atoms with Gasteiger partial charge in [-0.2, -0.15) is 0 Å². The molecule has 0 aliphatic rings. The summed E-state index contributed by atoms with van der Waals surface area (Å²) < 4.78 is 7.92. The predicted molar refractivity (Wildman–Crippen MR) is 97.3 cm³/mol. The van der Waals surface area contributed by atoms with Crippen LogP contribution in [0.5, 0.6) is 0 Å². The van der Waals surface area contributed by atoms with Crippen molar-refractivity contribution in [1.29, 1.82) is 0 Å². The highest BCUT2D eigenvalue weighted by Gasteiger charge is 2.17. The van der Waals surface area contributed by atoms with Crippen molar-refractivity contribution in [3.8, 4) is 11.5 Å². The van der Waals surface area contributed by atoms with Gasteiger partial charge in [0.2, 0.25) is 0 Å². The summed E-state index contributed by atoms with van der Waals surface area (Å²) in [6, 6.07) is 18.8. The van der Waals surface area contributed by atoms with Gasteiger partial charge >= 0.3 is 0 Å². The minimum atomic E-state index is 0.799. The van der Waals surface area contributed by atoms with Crippen molar-refractivity contribution < 1.29 is 4.42 Å². The third kappa shape index (κ3) is 1.75. The lowest BCUT2D eigenvalue weighted by Crippen LogP contribution is -1.92. The van der Waals surface area contributed by atoms with Gasteiger partial charge in [-0.05, 0) is 42.3 Å². The Hall–Kier alpha value is -3.07. The van der Waals surface area contributed by atoms with E-state index >= 15 is 0 Å². The van der Waals surface area contributed by atoms with E-state index < -0.39 is 0 Å². The van der Waals surface area contributed by atoms with Crippen molar-refractivity contribution in [3.63, 3.8) is 0 Å². The van der Waals surface area contributed by atoms with Crippen LogP contribution in [-0.4, -0.2) is 9.38 Å². The Morgan fingerprint density at radius 1 is 1.00 bits per heavy atom. The van der Waals surface area contributed by atoms with Crippen LogP contribution < -0.4 is 0 Å². The maximum absolute atomic E-state index is 5.68. The van der Waals surface area contributed by atoms with Crippen LogP contribution in [0, 0.1) is 0 Å². The summed E-state index contributed by atoms with van der Waals surface area (Å²) in [6.07, 6.45) is 4.81. The molecular formula is C21H16N2O. The van der Waals surface area contributed by atoms with Crippen LogP contribution in [0.15, 0.2) is 71.5 Å². The standard InChI is InChI=1S/C21H16N2O/c1-2-14-7-5-11-23-18(14)13-16-15-8-3-4-9-17(15)22-20(21(16)23)19-10-6-12-24-19/h3-13H,2H2,1H3. The molecule has 0 amide bonds. The van der Waals surface area contributed by atoms with Gasteiger partial charge in [0.25, 0.3) is 0 Å². The molecule has 4 aromatic heterocycles. The summed E-state index contributed by atoms with van der Waals surface area (Å²) in [5.74, 6) is 0.799. The molecular weight excluding hydrogens is 296 g/mol. The summed E-state index contributed by atoms with van der Waals surface area (Å²) in [5, 5.41) is 2.39. The van der Waals surface area contributed by atoms with Gasteiger partial charge in [-0.3, -0.25) is 0 Å². The van der Waals surface area contributed by atoms with Gasteiger partial charge in [0.1, 0.15) is 5.69 Å². The normalized spacial score (nSPS) is 11.7. The van der Waals surface area contributed by atoms with Gasteiger partial charge in [-0.25, -0.2) is 4.98 Å². The molecule has 0 fully saturated rings. The van der Waals surface area contributed by atoms with Gasteiger partial charge in [-0.1, -0.05) is 31.2 Å². The molecule has 1 aromatic carbocycles. The fourth-order valence-corrected chi connectivity index (χ4v) is 3.56. The molecule has 0 N–H and O–H groups in total. The summed E-state index contributed by atoms with van der Waals surface area (Å²) in [5.41, 5.74) is 5.56. The summed E-state index contributed by atoms with van der Waals surface area (Å²) in [7, 11) is 0. The molecule has 0 bridgehead atoms. The lowest BCUT2D eigenvalue weighted by molar-refractivity contribution is 0.581. The Bertz CT molecular complexity index is 1180. The quantitative estimate of drug-likeness (QED) is 0.433. The van der Waals surface area contributed by atoms with Crippen LogP contribution in [0.2, 0.25) is 0 Å². The molecule has 0 aliphatic carbocycles. The smallest absolute Gasteiger partial charge is 0.154 e. The molecule has 0 saturated heterocycles. The SMILES string of the molecule is CCc1cccn2c1cc1c3ccccc3nc(-c3ccco3)c12. The van der Waals surface area contributed by atoms with E-state index in [4.69, 9.17) is 9.40 Å². The fourth-order valence-electron chi connectivity index (χ4n) is 3.56. The van der Waals surface area contributed by atoms with Crippen molar-refractivity contribution in [2.75, 3.05) is 0 Å². The van der Waals surface area contributed by atoms with Crippen LogP contribution >= 0.6 is 0 Å². The zero-order valence-electron chi connectivity index (χ0n) is 13.4. The summed E-state index contributed by atoms with van der Waals surface area (Å²) in [6.45, 7) is 2.19. The highest BCUT2D eigenvalue weighted by molar-refractivity contribution is 6.11. The predicted octanol–water partition coefficient (Wildman–Crippen LogP) is 5.46. The molecule has 24 heavy (non-hydrogen) atoms. The van der Waals surface area contributed by atoms with E-state index in [9.17, 15) is 0 Å². The Labute approximate surface area is 139 Å². The lowest BCUT2D eigenvalue weighted by atomic mass is 10.1. The van der Waals surface area contributed by atoms with Crippen LogP contribution in [0.25, 0.3) is 38.8 Å². The fraction of sp³-hybridized carbons (Fsp3) is 0.0952. The number of benzene rings is 1. The number of nitrogens with zero attached hydrogens (tertiary/aromatic N) is 2. The lowest BCUT2D eigenvalue weighted by Gasteiger charge is -2.07. The number of aryl methyl sites for hydroxylation is 1. The number of fused-ring (bicyclic) bond motifs is 5. The number of rotatable bonds is 2. The van der Waals surface area contributed by atoms with Crippen molar-refractivity contribution >= 4 is 27.3 Å². The summed E-state index contributed by atoms with van der Waals surface area (Å²) in [4.78, 5) is 4.91. The maximum Gasteiger partial charge on any atom is 0.154 e. The first-order chi connectivity index (χ1) is 11.9. The molecule has 0 saturated carbocycles. The number of hydrogen-bond donors (Lipinski definition) is 0. The van der Waals surface area contributed by atoms with Gasteiger partial charge in [0.05, 0.1) is 17.3 Å². The first-order valence-corrected chi connectivity index (χ1v) is 8.22. The maximum atomic E-state index is 5.68. The van der Waals surface area contributed by atoms with Crippen LogP contribution in [0.1, 0.15) is 12.5 Å². The van der Waals surface area contributed by atoms with Crippen molar-refractivity contribution in [1.82, 2.24) is 9.38 Å². The van der Waals surface area contributed by atoms with Crippen molar-refractivity contribution in [3.05, 3.63) is 72.6 Å². The van der Waals surface area contributed by atoms with E-state index in [-0.39, 0.29) is 0 Å². The highest BCUT2D eigenvalue weighted by Crippen LogP contribution is 2.35. The Balaban J connectivity index is 2.06. The molecule has 0 atom stereocenters. The molecule has 116 valence electrons. The van der Waals surface area contributed by atoms with Crippen LogP contribution in [-0.2, 0) is 6.42 Å². The molecule has 3 nitrogen and oxygen atoms in total. The van der Waals surface area contributed by atoms with E-state index in [1.165, 1.54) is 21.9 Å². The Morgan fingerprint density at radius 2 is 1.92 bits per heavy atom. The first-order valence-electron chi connectivity index (χ1n) is 8.22. The third-order valence-corrected chi connectivity index (χ3v) is 4.68. The van der Waals surface area contributed by atoms with E-state index in [1.54, 1.807) is 6.26 Å². The molecule has 5 aromatic rings. The number of pyridine rings is 2. The van der Waals surface area contributed by atoms with Crippen LogP contribution in [0.4, 0.5) is 0 Å². The van der Waals surface area contributed by atoms with Crippen molar-refractivity contribution in [2.45, 2.75) is 13.3 Å². The monoisotopic (exact) mass is 312 g/mol. The zero-order chi connectivity index (χ0) is 16.1. The number of hydrogen-bond acceptors (Lipinski definition) is 2. The largest absolute Gasteiger partial charge is 0.463 e. The second kappa shape index (κ2) is 4.96. The van der Waals surface area contributed by atoms with Gasteiger partial charge in [0, 0.05) is 22.5 Å². The number of para-hydroxylation sites is 1. The van der Waals surface area contributed by atoms with E-state index in [2.05, 4.69) is 53.9 Å². The molecule has 0 radical (unpaired) electrons. The average Bonchev–Trinajstić information content (AvgIpc) is 3.28. The first kappa shape index (κ1) is 13.4. The van der Waals surface area contributed by atoms with E-state index in [0.29, 0.717) is 0 Å². The van der Waals surface area contributed by atoms with E-state index in [1.807, 2.05) is 18.2 Å². The average molecular weight is 312 g/mol. The van der Waals surface area contributed by atoms with E-state index in [0.717, 1.165) is 28.9 Å². The van der Waals surface area contributed by atoms with Gasteiger partial charge in [-0.15, -0.1) is 0 Å². The second-order valence-electron chi connectivity index (χ2n) is 6.00. The molecule has 0 aliphatic heterocycles. The Kier molecular flexibility index (Phi) is 2.77. The highest BCUT2D eigenvalue weighted by atomic mass is 16.3. The van der Waals surface area contributed by atoms with Crippen molar-refractivity contribution in [2.24, 2.45) is 0 Å².